The summed E-state index contributed by atoms with van der Waals surface area (Å²) >= 11 is 5.82. The van der Waals surface area contributed by atoms with Crippen molar-refractivity contribution in [2.45, 2.75) is 51.0 Å². The lowest BCUT2D eigenvalue weighted by molar-refractivity contribution is -0.134. The maximum Gasteiger partial charge on any atom is 0.364 e. The van der Waals surface area contributed by atoms with Crippen molar-refractivity contribution in [3.05, 3.63) is 82.0 Å². The number of imidazole rings is 1. The third-order valence-electron chi connectivity index (χ3n) is 7.13. The van der Waals surface area contributed by atoms with E-state index in [4.69, 9.17) is 26.2 Å². The zero-order chi connectivity index (χ0) is 27.4. The second-order valence-electron chi connectivity index (χ2n) is 9.76. The molecule has 8 nitrogen and oxygen atoms in total. The molecule has 1 aromatic carbocycles. The first kappa shape index (κ1) is 27.2. The second-order valence-corrected chi connectivity index (χ2v) is 10.2. The minimum atomic E-state index is -1.61. The number of carboxylic acids is 1. The number of halogens is 3. The van der Waals surface area contributed by atoms with Crippen LogP contribution in [0.1, 0.15) is 48.0 Å². The highest BCUT2D eigenvalue weighted by Crippen LogP contribution is 2.29. The molecule has 0 spiro atoms. The molecule has 3 aromatic rings. The summed E-state index contributed by atoms with van der Waals surface area (Å²) in [5.74, 6) is -1.80. The highest BCUT2D eigenvalue weighted by atomic mass is 35.5. The number of ether oxygens (including phenoxy) is 2. The highest BCUT2D eigenvalue weighted by molar-refractivity contribution is 6.30. The molecule has 2 fully saturated rings. The molecule has 0 radical (unpaired) electrons. The lowest BCUT2D eigenvalue weighted by Crippen LogP contribution is -2.35. The summed E-state index contributed by atoms with van der Waals surface area (Å²) in [4.78, 5) is 22.4. The third kappa shape index (κ3) is 6.81. The molecule has 0 bridgehead atoms. The van der Waals surface area contributed by atoms with E-state index >= 15 is 0 Å². The van der Waals surface area contributed by atoms with Gasteiger partial charge in [0.05, 0.1) is 31.1 Å². The fourth-order valence-electron chi connectivity index (χ4n) is 4.82. The summed E-state index contributed by atoms with van der Waals surface area (Å²) in [5, 5.41) is 9.28. The average molecular weight is 559 g/mol. The van der Waals surface area contributed by atoms with Crippen LogP contribution in [0.3, 0.4) is 0 Å². The van der Waals surface area contributed by atoms with E-state index in [0.29, 0.717) is 41.9 Å². The SMILES string of the molecule is O=C(O)/C(F)=C/c1cnc(CN2CCC(c3cccc(OCc4ccc(Cl)cc4F)n3)CC2)n1C[C@@H]1CCO1. The number of nitrogens with zero attached hydrogens (tertiary/aromatic N) is 4. The van der Waals surface area contributed by atoms with Crippen LogP contribution in [-0.2, 0) is 29.2 Å². The molecular weight excluding hydrogens is 530 g/mol. The molecule has 2 aromatic heterocycles. The number of hydrogen-bond donors (Lipinski definition) is 1. The predicted octanol–water partition coefficient (Wildman–Crippen LogP) is 5.21. The zero-order valence-electron chi connectivity index (χ0n) is 21.2. The minimum Gasteiger partial charge on any atom is -0.476 e. The summed E-state index contributed by atoms with van der Waals surface area (Å²) < 4.78 is 41.1. The van der Waals surface area contributed by atoms with Crippen molar-refractivity contribution >= 4 is 23.6 Å². The molecule has 0 amide bonds. The number of benzene rings is 1. The van der Waals surface area contributed by atoms with Crippen molar-refractivity contribution in [2.24, 2.45) is 0 Å². The number of carbonyl (C=O) groups is 1. The Bertz CT molecular complexity index is 1350. The normalized spacial score (nSPS) is 18.6. The van der Waals surface area contributed by atoms with Crippen LogP contribution in [0.5, 0.6) is 5.88 Å². The van der Waals surface area contributed by atoms with Gasteiger partial charge in [-0.15, -0.1) is 0 Å². The Morgan fingerprint density at radius 3 is 2.72 bits per heavy atom. The molecule has 0 aliphatic carbocycles. The van der Waals surface area contributed by atoms with Crippen LogP contribution in [0.15, 0.2) is 48.4 Å². The Hall–Kier alpha value is -3.34. The molecular formula is C28H29ClF2N4O4. The van der Waals surface area contributed by atoms with Gasteiger partial charge in [0, 0.05) is 40.9 Å². The molecule has 1 N–H and O–H groups in total. The van der Waals surface area contributed by atoms with Gasteiger partial charge in [-0.1, -0.05) is 23.7 Å². The van der Waals surface area contributed by atoms with E-state index in [9.17, 15) is 13.6 Å². The summed E-state index contributed by atoms with van der Waals surface area (Å²) in [6, 6.07) is 10.1. The van der Waals surface area contributed by atoms with Gasteiger partial charge in [-0.05, 0) is 50.6 Å². The molecule has 39 heavy (non-hydrogen) atoms. The van der Waals surface area contributed by atoms with E-state index in [1.54, 1.807) is 18.2 Å². The van der Waals surface area contributed by atoms with Crippen molar-refractivity contribution in [3.8, 4) is 5.88 Å². The number of aliphatic carboxylic acids is 1. The molecule has 2 saturated heterocycles. The van der Waals surface area contributed by atoms with Gasteiger partial charge >= 0.3 is 5.97 Å². The largest absolute Gasteiger partial charge is 0.476 e. The quantitative estimate of drug-likeness (QED) is 0.342. The second kappa shape index (κ2) is 12.2. The van der Waals surface area contributed by atoms with E-state index in [1.165, 1.54) is 12.3 Å². The van der Waals surface area contributed by atoms with Crippen molar-refractivity contribution < 1.29 is 28.2 Å². The fourth-order valence-corrected chi connectivity index (χ4v) is 4.98. The maximum absolute atomic E-state index is 14.1. The maximum atomic E-state index is 14.1. The molecule has 1 atom stereocenters. The predicted molar refractivity (Wildman–Crippen MR) is 141 cm³/mol. The van der Waals surface area contributed by atoms with Crippen LogP contribution in [0.2, 0.25) is 5.02 Å². The van der Waals surface area contributed by atoms with Crippen LogP contribution in [0, 0.1) is 5.82 Å². The first-order valence-corrected chi connectivity index (χ1v) is 13.3. The topological polar surface area (TPSA) is 89.7 Å². The number of rotatable bonds is 10. The molecule has 5 rings (SSSR count). The van der Waals surface area contributed by atoms with E-state index in [0.717, 1.165) is 49.9 Å². The first-order chi connectivity index (χ1) is 18.9. The molecule has 0 unspecified atom stereocenters. The number of likely N-dealkylation sites (tertiary alicyclic amines) is 1. The van der Waals surface area contributed by atoms with Crippen molar-refractivity contribution in [1.29, 1.82) is 0 Å². The standard InChI is InChI=1S/C28H29ClF2N4O4/c29-20-5-4-19(23(30)12-20)17-39-27-3-1-2-25(33-27)18-6-9-34(10-7-18)16-26-32-14-21(13-24(31)28(36)37)35(26)15-22-8-11-38-22/h1-5,12-14,18,22H,6-11,15-17H2,(H,36,37)/b24-13-/t22-/m0/s1. The lowest BCUT2D eigenvalue weighted by Gasteiger charge is -2.32. The van der Waals surface area contributed by atoms with Gasteiger partial charge in [0.15, 0.2) is 0 Å². The number of aromatic nitrogens is 3. The first-order valence-electron chi connectivity index (χ1n) is 12.9. The van der Waals surface area contributed by atoms with Gasteiger partial charge < -0.3 is 19.1 Å². The van der Waals surface area contributed by atoms with Crippen LogP contribution in [0.25, 0.3) is 6.08 Å². The summed E-state index contributed by atoms with van der Waals surface area (Å²) in [7, 11) is 0. The Labute approximate surface area is 229 Å². The monoisotopic (exact) mass is 558 g/mol. The van der Waals surface area contributed by atoms with Gasteiger partial charge in [-0.3, -0.25) is 4.90 Å². The number of pyridine rings is 1. The molecule has 0 saturated carbocycles. The Morgan fingerprint density at radius 1 is 1.23 bits per heavy atom. The Balaban J connectivity index is 1.19. The van der Waals surface area contributed by atoms with Crippen LogP contribution in [-0.4, -0.2) is 56.3 Å². The minimum absolute atomic E-state index is 0.0143. The van der Waals surface area contributed by atoms with Crippen molar-refractivity contribution in [1.82, 2.24) is 19.4 Å². The van der Waals surface area contributed by atoms with Crippen LogP contribution >= 0.6 is 11.6 Å². The molecule has 4 heterocycles. The van der Waals surface area contributed by atoms with Crippen molar-refractivity contribution in [2.75, 3.05) is 19.7 Å². The summed E-state index contributed by atoms with van der Waals surface area (Å²) in [6.07, 6.45) is 5.20. The van der Waals surface area contributed by atoms with Crippen LogP contribution < -0.4 is 4.74 Å². The number of piperidine rings is 1. The number of hydrogen-bond acceptors (Lipinski definition) is 6. The molecule has 11 heteroatoms. The smallest absolute Gasteiger partial charge is 0.364 e. The number of carboxylic acid groups (broad SMARTS) is 1. The zero-order valence-corrected chi connectivity index (χ0v) is 22.0. The van der Waals surface area contributed by atoms with E-state index in [-0.39, 0.29) is 18.6 Å². The average Bonchev–Trinajstić information content (AvgIpc) is 3.26. The van der Waals surface area contributed by atoms with Gasteiger partial charge in [-0.2, -0.15) is 4.39 Å². The molecule has 2 aliphatic heterocycles. The lowest BCUT2D eigenvalue weighted by atomic mass is 9.93. The van der Waals surface area contributed by atoms with Gasteiger partial charge in [-0.25, -0.2) is 19.2 Å². The van der Waals surface area contributed by atoms with Gasteiger partial charge in [0.2, 0.25) is 11.7 Å². The fraction of sp³-hybridized carbons (Fsp3) is 0.393. The third-order valence-corrected chi connectivity index (χ3v) is 7.37. The van der Waals surface area contributed by atoms with E-state index in [1.807, 2.05) is 16.7 Å². The molecule has 2 aliphatic rings. The van der Waals surface area contributed by atoms with Crippen LogP contribution in [0.4, 0.5) is 8.78 Å². The molecule has 206 valence electrons. The van der Waals surface area contributed by atoms with Crippen molar-refractivity contribution in [3.63, 3.8) is 0 Å². The summed E-state index contributed by atoms with van der Waals surface area (Å²) in [5.41, 5.74) is 1.75. The highest BCUT2D eigenvalue weighted by Gasteiger charge is 2.26. The van der Waals surface area contributed by atoms with E-state index < -0.39 is 17.6 Å². The Kier molecular flexibility index (Phi) is 8.54. The Morgan fingerprint density at radius 2 is 2.03 bits per heavy atom. The van der Waals surface area contributed by atoms with Gasteiger partial charge in [0.25, 0.3) is 0 Å². The van der Waals surface area contributed by atoms with E-state index in [2.05, 4.69) is 14.9 Å². The summed E-state index contributed by atoms with van der Waals surface area (Å²) in [6.45, 7) is 3.44. The van der Waals surface area contributed by atoms with Gasteiger partial charge in [0.1, 0.15) is 18.2 Å².